The lowest BCUT2D eigenvalue weighted by atomic mass is 9.93. The number of hydrogen-bond donors (Lipinski definition) is 1. The Morgan fingerprint density at radius 1 is 1.14 bits per heavy atom. The summed E-state index contributed by atoms with van der Waals surface area (Å²) in [5.74, 6) is 0.323. The van der Waals surface area contributed by atoms with E-state index < -0.39 is 5.60 Å². The lowest BCUT2D eigenvalue weighted by Gasteiger charge is -2.32. The predicted octanol–water partition coefficient (Wildman–Crippen LogP) is 6.51. The van der Waals surface area contributed by atoms with Crippen molar-refractivity contribution in [2.45, 2.75) is 46.1 Å². The first kappa shape index (κ1) is 20.7. The van der Waals surface area contributed by atoms with Gasteiger partial charge < -0.3 is 9.84 Å². The number of phenolic OH excluding ortho intramolecular Hbond substituents is 1. The van der Waals surface area contributed by atoms with E-state index in [2.05, 4.69) is 19.9 Å². The van der Waals surface area contributed by atoms with Gasteiger partial charge in [0.2, 0.25) is 0 Å². The van der Waals surface area contributed by atoms with Crippen LogP contribution in [0.15, 0.2) is 60.2 Å². The van der Waals surface area contributed by atoms with Gasteiger partial charge in [0.1, 0.15) is 17.1 Å². The van der Waals surface area contributed by atoms with Crippen LogP contribution >= 0.6 is 0 Å². The van der Waals surface area contributed by atoms with Gasteiger partial charge in [-0.1, -0.05) is 47.6 Å². The first-order valence-electron chi connectivity index (χ1n) is 9.94. The molecule has 1 unspecified atom stereocenters. The summed E-state index contributed by atoms with van der Waals surface area (Å²) in [5.41, 5.74) is 3.79. The maximum absolute atomic E-state index is 12.6. The summed E-state index contributed by atoms with van der Waals surface area (Å²) in [6.07, 6.45) is 11.0. The van der Waals surface area contributed by atoms with E-state index in [4.69, 9.17) is 4.74 Å². The van der Waals surface area contributed by atoms with Crippen molar-refractivity contribution >= 4 is 17.9 Å². The fraction of sp³-hybridized carbons (Fsp3) is 0.269. The van der Waals surface area contributed by atoms with Crippen molar-refractivity contribution in [3.05, 3.63) is 82.5 Å². The average Bonchev–Trinajstić information content (AvgIpc) is 2.67. The first-order valence-corrected chi connectivity index (χ1v) is 9.94. The number of ether oxygens (including phenoxy) is 1. The van der Waals surface area contributed by atoms with E-state index in [0.29, 0.717) is 11.3 Å². The lowest BCUT2D eigenvalue weighted by Crippen LogP contribution is -2.31. The van der Waals surface area contributed by atoms with Gasteiger partial charge in [0.15, 0.2) is 5.78 Å². The molecule has 3 rings (SSSR count). The van der Waals surface area contributed by atoms with Gasteiger partial charge in [0.25, 0.3) is 0 Å². The van der Waals surface area contributed by atoms with Crippen molar-refractivity contribution in [2.75, 3.05) is 0 Å². The molecule has 0 saturated heterocycles. The van der Waals surface area contributed by atoms with Crippen molar-refractivity contribution < 1.29 is 14.6 Å². The zero-order valence-corrected chi connectivity index (χ0v) is 17.5. The Hall–Kier alpha value is -3.07. The maximum Gasteiger partial charge on any atom is 0.189 e. The number of carbonyl (C=O) groups is 1. The lowest BCUT2D eigenvalue weighted by molar-refractivity contribution is 0.104. The molecule has 29 heavy (non-hydrogen) atoms. The number of rotatable bonds is 6. The number of aryl methyl sites for hydroxylation is 1. The van der Waals surface area contributed by atoms with E-state index in [1.54, 1.807) is 18.2 Å². The third-order valence-electron chi connectivity index (χ3n) is 5.09. The molecule has 1 N–H and O–H groups in total. The largest absolute Gasteiger partial charge is 0.506 e. The Bertz CT molecular complexity index is 989. The molecule has 3 nitrogen and oxygen atoms in total. The van der Waals surface area contributed by atoms with E-state index in [-0.39, 0.29) is 17.1 Å². The first-order chi connectivity index (χ1) is 13.8. The van der Waals surface area contributed by atoms with Crippen molar-refractivity contribution in [1.29, 1.82) is 0 Å². The standard InChI is InChI=1S/C26H28O3/c1-18(2)6-5-16-26(4)17-15-22-24(29-26)14-12-21(25(22)28)23(27)13-11-20-9-7-19(3)8-10-20/h6-15,17,28H,5,16H2,1-4H3/b13-11+. The molecule has 1 heterocycles. The van der Waals surface area contributed by atoms with E-state index in [1.165, 1.54) is 17.2 Å². The van der Waals surface area contributed by atoms with E-state index in [9.17, 15) is 9.90 Å². The fourth-order valence-corrected chi connectivity index (χ4v) is 3.30. The van der Waals surface area contributed by atoms with Crippen LogP contribution in [-0.2, 0) is 0 Å². The van der Waals surface area contributed by atoms with Gasteiger partial charge in [-0.15, -0.1) is 0 Å². The topological polar surface area (TPSA) is 46.5 Å². The minimum atomic E-state index is -0.428. The van der Waals surface area contributed by atoms with Gasteiger partial charge in [0.05, 0.1) is 11.1 Å². The van der Waals surface area contributed by atoms with Crippen LogP contribution in [0.5, 0.6) is 11.5 Å². The quantitative estimate of drug-likeness (QED) is 0.349. The summed E-state index contributed by atoms with van der Waals surface area (Å²) < 4.78 is 6.15. The van der Waals surface area contributed by atoms with Crippen molar-refractivity contribution in [3.8, 4) is 11.5 Å². The average molecular weight is 389 g/mol. The molecule has 0 spiro atoms. The number of allylic oxidation sites excluding steroid dienone is 3. The van der Waals surface area contributed by atoms with E-state index in [0.717, 1.165) is 18.4 Å². The molecule has 0 aliphatic carbocycles. The molecule has 0 amide bonds. The minimum Gasteiger partial charge on any atom is -0.506 e. The molecular formula is C26H28O3. The van der Waals surface area contributed by atoms with Gasteiger partial charge in [-0.25, -0.2) is 0 Å². The highest BCUT2D eigenvalue weighted by atomic mass is 16.5. The Morgan fingerprint density at radius 3 is 2.55 bits per heavy atom. The number of benzene rings is 2. The molecule has 1 aliphatic rings. The Kier molecular flexibility index (Phi) is 6.07. The number of fused-ring (bicyclic) bond motifs is 1. The van der Waals surface area contributed by atoms with Crippen LogP contribution in [0.3, 0.4) is 0 Å². The van der Waals surface area contributed by atoms with Crippen LogP contribution < -0.4 is 4.74 Å². The molecule has 0 radical (unpaired) electrons. The van der Waals surface area contributed by atoms with Gasteiger partial charge in [0, 0.05) is 0 Å². The molecule has 1 aliphatic heterocycles. The molecule has 2 aromatic carbocycles. The second kappa shape index (κ2) is 8.52. The highest BCUT2D eigenvalue weighted by Crippen LogP contribution is 2.40. The molecule has 1 atom stereocenters. The molecule has 0 fully saturated rings. The predicted molar refractivity (Wildman–Crippen MR) is 119 cm³/mol. The normalized spacial score (nSPS) is 17.7. The zero-order valence-electron chi connectivity index (χ0n) is 17.5. The number of aromatic hydroxyl groups is 1. The maximum atomic E-state index is 12.6. The molecular weight excluding hydrogens is 360 g/mol. The second-order valence-electron chi connectivity index (χ2n) is 8.05. The summed E-state index contributed by atoms with van der Waals surface area (Å²) in [7, 11) is 0. The number of phenols is 1. The highest BCUT2D eigenvalue weighted by Gasteiger charge is 2.29. The second-order valence-corrected chi connectivity index (χ2v) is 8.05. The van der Waals surface area contributed by atoms with Gasteiger partial charge in [-0.05, 0) is 76.5 Å². The molecule has 150 valence electrons. The Morgan fingerprint density at radius 2 is 1.86 bits per heavy atom. The summed E-state index contributed by atoms with van der Waals surface area (Å²) in [4.78, 5) is 12.6. The molecule has 3 heteroatoms. The SMILES string of the molecule is CC(C)=CCCC1(C)C=Cc2c(ccc(C(=O)/C=C/c3ccc(C)cc3)c2O)O1. The van der Waals surface area contributed by atoms with Gasteiger partial charge in [-0.3, -0.25) is 4.79 Å². The minimum absolute atomic E-state index is 0.0383. The number of carbonyl (C=O) groups excluding carboxylic acids is 1. The Balaban J connectivity index is 1.78. The third-order valence-corrected chi connectivity index (χ3v) is 5.09. The highest BCUT2D eigenvalue weighted by molar-refractivity contribution is 6.09. The summed E-state index contributed by atoms with van der Waals surface area (Å²) in [6, 6.07) is 11.3. The molecule has 0 aromatic heterocycles. The van der Waals surface area contributed by atoms with Crippen LogP contribution in [0.1, 0.15) is 60.7 Å². The molecule has 0 saturated carbocycles. The number of hydrogen-bond acceptors (Lipinski definition) is 3. The smallest absolute Gasteiger partial charge is 0.189 e. The monoisotopic (exact) mass is 388 g/mol. The van der Waals surface area contributed by atoms with Crippen molar-refractivity contribution in [3.63, 3.8) is 0 Å². The third kappa shape index (κ3) is 5.05. The van der Waals surface area contributed by atoms with E-state index in [1.807, 2.05) is 50.3 Å². The van der Waals surface area contributed by atoms with Gasteiger partial charge >= 0.3 is 0 Å². The van der Waals surface area contributed by atoms with E-state index >= 15 is 0 Å². The van der Waals surface area contributed by atoms with Crippen LogP contribution in [0.25, 0.3) is 12.2 Å². The summed E-state index contributed by atoms with van der Waals surface area (Å²) >= 11 is 0. The van der Waals surface area contributed by atoms with Crippen LogP contribution in [0.2, 0.25) is 0 Å². The van der Waals surface area contributed by atoms with Crippen molar-refractivity contribution in [2.24, 2.45) is 0 Å². The summed E-state index contributed by atoms with van der Waals surface area (Å²) in [6.45, 7) is 8.22. The number of ketones is 1. The zero-order chi connectivity index (χ0) is 21.0. The molecule has 0 bridgehead atoms. The summed E-state index contributed by atoms with van der Waals surface area (Å²) in [5, 5.41) is 10.7. The van der Waals surface area contributed by atoms with Crippen molar-refractivity contribution in [1.82, 2.24) is 0 Å². The van der Waals surface area contributed by atoms with Crippen LogP contribution in [0.4, 0.5) is 0 Å². The Labute approximate surface area is 173 Å². The fourth-order valence-electron chi connectivity index (χ4n) is 3.30. The van der Waals surface area contributed by atoms with Crippen LogP contribution in [0, 0.1) is 6.92 Å². The molecule has 2 aromatic rings. The van der Waals surface area contributed by atoms with Crippen LogP contribution in [-0.4, -0.2) is 16.5 Å². The van der Waals surface area contributed by atoms with Gasteiger partial charge in [-0.2, -0.15) is 0 Å².